The number of nitrogen functional groups attached to an aromatic ring is 1. The maximum Gasteiger partial charge on any atom is 0.324 e. The molecule has 0 aliphatic carbocycles. The zero-order valence-electron chi connectivity index (χ0n) is 9.51. The maximum absolute atomic E-state index is 12.6. The van der Waals surface area contributed by atoms with Gasteiger partial charge in [-0.05, 0) is 24.6 Å². The maximum atomic E-state index is 12.6. The van der Waals surface area contributed by atoms with Crippen LogP contribution in [0.3, 0.4) is 0 Å². The van der Waals surface area contributed by atoms with Crippen LogP contribution in [0.25, 0.3) is 0 Å². The Morgan fingerprint density at radius 3 is 2.61 bits per heavy atom. The smallest absolute Gasteiger partial charge is 0.324 e. The molecule has 0 spiro atoms. The first-order chi connectivity index (χ1) is 8.25. The van der Waals surface area contributed by atoms with E-state index in [0.717, 1.165) is 0 Å². The Kier molecular flexibility index (Phi) is 4.15. The first-order valence-electron chi connectivity index (χ1n) is 5.05. The van der Waals surface area contributed by atoms with E-state index in [2.05, 4.69) is 0 Å². The monoisotopic (exact) mass is 264 g/mol. The van der Waals surface area contributed by atoms with Crippen molar-refractivity contribution in [1.82, 2.24) is 5.32 Å². The number of hydrogen-bond donors (Lipinski definition) is 2. The Labute approximate surface area is 101 Å². The van der Waals surface area contributed by atoms with Gasteiger partial charge < -0.3 is 11.1 Å². The minimum absolute atomic E-state index is 0.0834. The highest BCUT2D eigenvalue weighted by atomic mass is 19.3. The molecule has 1 amide bonds. The van der Waals surface area contributed by atoms with Crippen LogP contribution in [0, 0.1) is 6.92 Å². The standard InChI is InChI=1S/C11H12F4N2O/c1-6-7(3-2-4-8(6)16)9(18)17-5-11(14,15)10(12)13/h2-4,10H,5,16H2,1H3,(H,17,18). The average molecular weight is 264 g/mol. The third-order valence-corrected chi connectivity index (χ3v) is 2.42. The average Bonchev–Trinajstić information content (AvgIpc) is 2.29. The van der Waals surface area contributed by atoms with E-state index in [1.165, 1.54) is 19.1 Å². The van der Waals surface area contributed by atoms with Crippen LogP contribution in [0.2, 0.25) is 0 Å². The largest absolute Gasteiger partial charge is 0.398 e. The Bertz CT molecular complexity index is 449. The summed E-state index contributed by atoms with van der Waals surface area (Å²) >= 11 is 0. The number of benzene rings is 1. The summed E-state index contributed by atoms with van der Waals surface area (Å²) in [4.78, 5) is 11.5. The molecule has 18 heavy (non-hydrogen) atoms. The fourth-order valence-electron chi connectivity index (χ4n) is 1.27. The number of amides is 1. The molecule has 0 unspecified atom stereocenters. The number of halogens is 4. The van der Waals surface area contributed by atoms with E-state index in [1.807, 2.05) is 0 Å². The minimum atomic E-state index is -4.25. The van der Waals surface area contributed by atoms with Gasteiger partial charge in [0.2, 0.25) is 0 Å². The molecule has 0 heterocycles. The van der Waals surface area contributed by atoms with Crippen LogP contribution in [-0.2, 0) is 0 Å². The van der Waals surface area contributed by atoms with Crippen molar-refractivity contribution in [3.8, 4) is 0 Å². The lowest BCUT2D eigenvalue weighted by Crippen LogP contribution is -2.41. The molecule has 0 fully saturated rings. The first-order valence-corrected chi connectivity index (χ1v) is 5.05. The van der Waals surface area contributed by atoms with Gasteiger partial charge in [-0.15, -0.1) is 0 Å². The molecule has 0 aromatic heterocycles. The third kappa shape index (κ3) is 3.12. The molecule has 100 valence electrons. The second-order valence-electron chi connectivity index (χ2n) is 3.76. The van der Waals surface area contributed by atoms with Gasteiger partial charge in [0.1, 0.15) is 0 Å². The Balaban J connectivity index is 2.75. The molecule has 0 atom stereocenters. The van der Waals surface area contributed by atoms with Crippen molar-refractivity contribution in [2.24, 2.45) is 0 Å². The highest BCUT2D eigenvalue weighted by molar-refractivity contribution is 5.96. The number of hydrogen-bond acceptors (Lipinski definition) is 2. The molecule has 0 radical (unpaired) electrons. The molecule has 3 N–H and O–H groups in total. The quantitative estimate of drug-likeness (QED) is 0.647. The lowest BCUT2D eigenvalue weighted by Gasteiger charge is -2.16. The van der Waals surface area contributed by atoms with Gasteiger partial charge in [-0.25, -0.2) is 8.78 Å². The summed E-state index contributed by atoms with van der Waals surface area (Å²) in [5.74, 6) is -5.11. The van der Waals surface area contributed by atoms with Gasteiger partial charge in [-0.2, -0.15) is 8.78 Å². The van der Waals surface area contributed by atoms with E-state index >= 15 is 0 Å². The van der Waals surface area contributed by atoms with Crippen LogP contribution in [0.1, 0.15) is 15.9 Å². The molecule has 0 aliphatic rings. The number of anilines is 1. The van der Waals surface area contributed by atoms with E-state index in [9.17, 15) is 22.4 Å². The molecule has 0 saturated carbocycles. The first kappa shape index (κ1) is 14.3. The molecule has 1 rings (SSSR count). The van der Waals surface area contributed by atoms with Gasteiger partial charge in [0.25, 0.3) is 5.91 Å². The number of alkyl halides is 4. The SMILES string of the molecule is Cc1c(N)cccc1C(=O)NCC(F)(F)C(F)F. The summed E-state index contributed by atoms with van der Waals surface area (Å²) in [6, 6.07) is 4.39. The van der Waals surface area contributed by atoms with E-state index in [-0.39, 0.29) is 5.56 Å². The van der Waals surface area contributed by atoms with Crippen LogP contribution >= 0.6 is 0 Å². The van der Waals surface area contributed by atoms with E-state index in [4.69, 9.17) is 5.73 Å². The highest BCUT2D eigenvalue weighted by Crippen LogP contribution is 2.22. The van der Waals surface area contributed by atoms with Crippen molar-refractivity contribution in [3.05, 3.63) is 29.3 Å². The molecule has 1 aromatic carbocycles. The summed E-state index contributed by atoms with van der Waals surface area (Å²) in [5, 5.41) is 1.76. The van der Waals surface area contributed by atoms with Crippen molar-refractivity contribution in [1.29, 1.82) is 0 Å². The molecule has 1 aromatic rings. The molecule has 7 heteroatoms. The lowest BCUT2D eigenvalue weighted by atomic mass is 10.1. The van der Waals surface area contributed by atoms with Crippen molar-refractivity contribution in [2.75, 3.05) is 12.3 Å². The van der Waals surface area contributed by atoms with Gasteiger partial charge in [-0.3, -0.25) is 4.79 Å². The number of nitrogens with two attached hydrogens (primary N) is 1. The summed E-state index contributed by atoms with van der Waals surface area (Å²) in [7, 11) is 0. The fourth-order valence-corrected chi connectivity index (χ4v) is 1.27. The normalized spacial score (nSPS) is 11.7. The molecular weight excluding hydrogens is 252 g/mol. The fraction of sp³-hybridized carbons (Fsp3) is 0.364. The molecule has 3 nitrogen and oxygen atoms in total. The zero-order valence-corrected chi connectivity index (χ0v) is 9.51. The van der Waals surface area contributed by atoms with Gasteiger partial charge in [0.05, 0.1) is 6.54 Å². The number of carbonyl (C=O) groups is 1. The molecule has 0 bridgehead atoms. The highest BCUT2D eigenvalue weighted by Gasteiger charge is 2.40. The van der Waals surface area contributed by atoms with E-state index < -0.39 is 24.8 Å². The van der Waals surface area contributed by atoms with Gasteiger partial charge in [0.15, 0.2) is 0 Å². The van der Waals surface area contributed by atoms with Crippen LogP contribution in [0.15, 0.2) is 18.2 Å². The summed E-state index contributed by atoms with van der Waals surface area (Å²) < 4.78 is 49.0. The van der Waals surface area contributed by atoms with Gasteiger partial charge >= 0.3 is 12.3 Å². The summed E-state index contributed by atoms with van der Waals surface area (Å²) in [6.07, 6.45) is -3.82. The summed E-state index contributed by atoms with van der Waals surface area (Å²) in [6.45, 7) is 0.118. The number of carbonyl (C=O) groups excluding carboxylic acids is 1. The van der Waals surface area contributed by atoms with Gasteiger partial charge in [-0.1, -0.05) is 6.07 Å². The predicted molar refractivity (Wildman–Crippen MR) is 58.9 cm³/mol. The number of rotatable bonds is 4. The molecule has 0 saturated heterocycles. The third-order valence-electron chi connectivity index (χ3n) is 2.42. The zero-order chi connectivity index (χ0) is 13.9. The van der Waals surface area contributed by atoms with Crippen LogP contribution in [-0.4, -0.2) is 24.8 Å². The Morgan fingerprint density at radius 1 is 1.44 bits per heavy atom. The van der Waals surface area contributed by atoms with Gasteiger partial charge in [0, 0.05) is 11.3 Å². The van der Waals surface area contributed by atoms with Crippen molar-refractivity contribution in [3.63, 3.8) is 0 Å². The number of nitrogens with one attached hydrogen (secondary N) is 1. The summed E-state index contributed by atoms with van der Waals surface area (Å²) in [5.41, 5.74) is 6.36. The second-order valence-corrected chi connectivity index (χ2v) is 3.76. The molecular formula is C11H12F4N2O. The van der Waals surface area contributed by atoms with Crippen LogP contribution in [0.4, 0.5) is 23.2 Å². The van der Waals surface area contributed by atoms with E-state index in [1.54, 1.807) is 11.4 Å². The topological polar surface area (TPSA) is 55.1 Å². The lowest BCUT2D eigenvalue weighted by molar-refractivity contribution is -0.123. The van der Waals surface area contributed by atoms with Crippen LogP contribution in [0.5, 0.6) is 0 Å². The Hall–Kier alpha value is -1.79. The van der Waals surface area contributed by atoms with E-state index in [0.29, 0.717) is 11.3 Å². The van der Waals surface area contributed by atoms with Crippen molar-refractivity contribution in [2.45, 2.75) is 19.3 Å². The predicted octanol–water partition coefficient (Wildman–Crippen LogP) is 2.21. The van der Waals surface area contributed by atoms with Crippen molar-refractivity contribution < 1.29 is 22.4 Å². The second kappa shape index (κ2) is 5.24. The minimum Gasteiger partial charge on any atom is -0.398 e. The van der Waals surface area contributed by atoms with Crippen LogP contribution < -0.4 is 11.1 Å². The van der Waals surface area contributed by atoms with Crippen molar-refractivity contribution >= 4 is 11.6 Å². The Morgan fingerprint density at radius 2 is 2.06 bits per heavy atom. The molecule has 0 aliphatic heterocycles.